The summed E-state index contributed by atoms with van der Waals surface area (Å²) in [5.41, 5.74) is 3.52. The van der Waals surface area contributed by atoms with E-state index in [9.17, 15) is 4.79 Å². The summed E-state index contributed by atoms with van der Waals surface area (Å²) >= 11 is 3.44. The van der Waals surface area contributed by atoms with Gasteiger partial charge in [0.05, 0.1) is 16.4 Å². The summed E-state index contributed by atoms with van der Waals surface area (Å²) < 4.78 is 4.38. The van der Waals surface area contributed by atoms with Gasteiger partial charge in [-0.3, -0.25) is 14.2 Å². The minimum Gasteiger partial charge on any atom is -0.336 e. The van der Waals surface area contributed by atoms with Gasteiger partial charge in [-0.25, -0.2) is 0 Å². The minimum absolute atomic E-state index is 0.103. The third kappa shape index (κ3) is 2.88. The zero-order valence-electron chi connectivity index (χ0n) is 13.0. The van der Waals surface area contributed by atoms with Gasteiger partial charge in [-0.1, -0.05) is 0 Å². The van der Waals surface area contributed by atoms with Crippen molar-refractivity contribution >= 4 is 21.8 Å². The third-order valence-electron chi connectivity index (χ3n) is 3.72. The number of aryl methyl sites for hydroxylation is 2. The van der Waals surface area contributed by atoms with E-state index in [2.05, 4.69) is 26.1 Å². The second-order valence-electron chi connectivity index (χ2n) is 5.10. The fourth-order valence-corrected chi connectivity index (χ4v) is 2.69. The molecule has 0 spiro atoms. The molecule has 21 heavy (non-hydrogen) atoms. The maximum Gasteiger partial charge on any atom is 0.275 e. The largest absolute Gasteiger partial charge is 0.336 e. The SMILES string of the molecule is CCn1ncc(CN(C)C(=O)c2nn(C)c(C)c2Br)c1C. The Morgan fingerprint density at radius 1 is 1.38 bits per heavy atom. The number of carbonyl (C=O) groups excluding carboxylic acids is 1. The van der Waals surface area contributed by atoms with Crippen LogP contribution in [0.5, 0.6) is 0 Å². The summed E-state index contributed by atoms with van der Waals surface area (Å²) in [6.45, 7) is 7.34. The number of aromatic nitrogens is 4. The van der Waals surface area contributed by atoms with Crippen LogP contribution in [0.15, 0.2) is 10.7 Å². The average Bonchev–Trinajstić information content (AvgIpc) is 2.93. The summed E-state index contributed by atoms with van der Waals surface area (Å²) in [5.74, 6) is -0.103. The molecular weight excluding hydrogens is 334 g/mol. The number of halogens is 1. The van der Waals surface area contributed by atoms with Crippen LogP contribution in [-0.4, -0.2) is 37.4 Å². The highest BCUT2D eigenvalue weighted by Crippen LogP contribution is 2.22. The van der Waals surface area contributed by atoms with E-state index < -0.39 is 0 Å². The van der Waals surface area contributed by atoms with Gasteiger partial charge in [0.1, 0.15) is 0 Å². The van der Waals surface area contributed by atoms with Gasteiger partial charge in [-0.15, -0.1) is 0 Å². The standard InChI is InChI=1S/C14H20BrN5O/c1-6-20-9(2)11(7-16-20)8-18(4)14(21)13-12(15)10(3)19(5)17-13/h7H,6,8H2,1-5H3. The van der Waals surface area contributed by atoms with Gasteiger partial charge in [-0.05, 0) is 36.7 Å². The van der Waals surface area contributed by atoms with Crippen molar-refractivity contribution in [3.63, 3.8) is 0 Å². The Morgan fingerprint density at radius 2 is 2.05 bits per heavy atom. The van der Waals surface area contributed by atoms with Crippen molar-refractivity contribution in [3.05, 3.63) is 33.3 Å². The van der Waals surface area contributed by atoms with Crippen LogP contribution in [0.4, 0.5) is 0 Å². The zero-order valence-corrected chi connectivity index (χ0v) is 14.6. The van der Waals surface area contributed by atoms with Crippen molar-refractivity contribution in [3.8, 4) is 0 Å². The van der Waals surface area contributed by atoms with Crippen molar-refractivity contribution in [2.45, 2.75) is 33.9 Å². The zero-order chi connectivity index (χ0) is 15.7. The highest BCUT2D eigenvalue weighted by Gasteiger charge is 2.22. The van der Waals surface area contributed by atoms with E-state index in [1.165, 1.54) is 0 Å². The molecule has 0 aromatic carbocycles. The van der Waals surface area contributed by atoms with Crippen molar-refractivity contribution < 1.29 is 4.79 Å². The van der Waals surface area contributed by atoms with Crippen LogP contribution in [0.1, 0.15) is 34.4 Å². The first-order valence-electron chi connectivity index (χ1n) is 6.82. The lowest BCUT2D eigenvalue weighted by Crippen LogP contribution is -2.27. The number of carbonyl (C=O) groups is 1. The summed E-state index contributed by atoms with van der Waals surface area (Å²) in [5, 5.41) is 8.58. The molecule has 0 aliphatic rings. The lowest BCUT2D eigenvalue weighted by Gasteiger charge is -2.16. The fourth-order valence-electron chi connectivity index (χ4n) is 2.19. The molecule has 2 aromatic heterocycles. The highest BCUT2D eigenvalue weighted by molar-refractivity contribution is 9.10. The molecule has 0 saturated carbocycles. The van der Waals surface area contributed by atoms with E-state index in [-0.39, 0.29) is 5.91 Å². The number of rotatable bonds is 4. The smallest absolute Gasteiger partial charge is 0.275 e. The molecule has 0 aliphatic carbocycles. The molecule has 0 radical (unpaired) electrons. The van der Waals surface area contributed by atoms with E-state index in [1.807, 2.05) is 38.7 Å². The molecule has 6 nitrogen and oxygen atoms in total. The van der Waals surface area contributed by atoms with Crippen LogP contribution < -0.4 is 0 Å². The van der Waals surface area contributed by atoms with Crippen LogP contribution in [0.3, 0.4) is 0 Å². The second kappa shape index (κ2) is 6.01. The molecule has 0 aliphatic heterocycles. The number of hydrogen-bond acceptors (Lipinski definition) is 3. The Morgan fingerprint density at radius 3 is 2.52 bits per heavy atom. The van der Waals surface area contributed by atoms with Gasteiger partial charge in [-0.2, -0.15) is 10.2 Å². The molecule has 0 atom stereocenters. The quantitative estimate of drug-likeness (QED) is 0.847. The van der Waals surface area contributed by atoms with Crippen LogP contribution in [0, 0.1) is 13.8 Å². The van der Waals surface area contributed by atoms with E-state index in [4.69, 9.17) is 0 Å². The van der Waals surface area contributed by atoms with Gasteiger partial charge >= 0.3 is 0 Å². The normalized spacial score (nSPS) is 11.0. The summed E-state index contributed by atoms with van der Waals surface area (Å²) in [4.78, 5) is 14.2. The van der Waals surface area contributed by atoms with Crippen molar-refractivity contribution in [2.24, 2.45) is 7.05 Å². The Hall–Kier alpha value is -1.63. The molecule has 0 N–H and O–H groups in total. The van der Waals surface area contributed by atoms with Gasteiger partial charge in [0, 0.05) is 38.4 Å². The maximum atomic E-state index is 12.5. The lowest BCUT2D eigenvalue weighted by atomic mass is 10.2. The molecule has 7 heteroatoms. The number of nitrogens with zero attached hydrogens (tertiary/aromatic N) is 5. The first-order chi connectivity index (χ1) is 9.86. The van der Waals surface area contributed by atoms with Gasteiger partial charge in [0.25, 0.3) is 5.91 Å². The molecule has 0 saturated heterocycles. The average molecular weight is 354 g/mol. The first kappa shape index (κ1) is 15.8. The van der Waals surface area contributed by atoms with Crippen LogP contribution in [-0.2, 0) is 20.1 Å². The Kier molecular flexibility index (Phi) is 4.51. The third-order valence-corrected chi connectivity index (χ3v) is 4.67. The first-order valence-corrected chi connectivity index (χ1v) is 7.61. The summed E-state index contributed by atoms with van der Waals surface area (Å²) in [6, 6.07) is 0. The topological polar surface area (TPSA) is 56.0 Å². The van der Waals surface area contributed by atoms with Gasteiger partial charge in [0.2, 0.25) is 0 Å². The molecule has 1 amide bonds. The number of amides is 1. The molecule has 0 bridgehead atoms. The van der Waals surface area contributed by atoms with Crippen molar-refractivity contribution in [2.75, 3.05) is 7.05 Å². The van der Waals surface area contributed by atoms with Crippen molar-refractivity contribution in [1.82, 2.24) is 24.5 Å². The van der Waals surface area contributed by atoms with Crippen LogP contribution in [0.2, 0.25) is 0 Å². The molecule has 0 fully saturated rings. The van der Waals surface area contributed by atoms with E-state index in [0.29, 0.717) is 12.2 Å². The van der Waals surface area contributed by atoms with Gasteiger partial charge < -0.3 is 4.90 Å². The predicted octanol–water partition coefficient (Wildman–Crippen LogP) is 2.29. The van der Waals surface area contributed by atoms with Crippen LogP contribution in [0.25, 0.3) is 0 Å². The van der Waals surface area contributed by atoms with Crippen molar-refractivity contribution in [1.29, 1.82) is 0 Å². The summed E-state index contributed by atoms with van der Waals surface area (Å²) in [7, 11) is 3.60. The Balaban J connectivity index is 2.19. The van der Waals surface area contributed by atoms with E-state index in [0.717, 1.165) is 28.0 Å². The maximum absolute atomic E-state index is 12.5. The Labute approximate surface area is 132 Å². The monoisotopic (exact) mass is 353 g/mol. The van der Waals surface area contributed by atoms with Crippen LogP contribution >= 0.6 is 15.9 Å². The van der Waals surface area contributed by atoms with Gasteiger partial charge in [0.15, 0.2) is 5.69 Å². The van der Waals surface area contributed by atoms with E-state index >= 15 is 0 Å². The van der Waals surface area contributed by atoms with E-state index in [1.54, 1.807) is 16.6 Å². The molecule has 2 heterocycles. The molecule has 114 valence electrons. The lowest BCUT2D eigenvalue weighted by molar-refractivity contribution is 0.0777. The minimum atomic E-state index is -0.103. The molecule has 2 aromatic rings. The predicted molar refractivity (Wildman–Crippen MR) is 84.1 cm³/mol. The molecule has 2 rings (SSSR count). The molecular formula is C14H20BrN5O. The highest BCUT2D eigenvalue weighted by atomic mass is 79.9. The molecule has 0 unspecified atom stereocenters. The Bertz CT molecular complexity index is 673. The fraction of sp³-hybridized carbons (Fsp3) is 0.500. The second-order valence-corrected chi connectivity index (χ2v) is 5.90. The number of hydrogen-bond donors (Lipinski definition) is 0. The summed E-state index contributed by atoms with van der Waals surface area (Å²) in [6.07, 6.45) is 1.82.